The molecule has 0 atom stereocenters. The summed E-state index contributed by atoms with van der Waals surface area (Å²) in [5.41, 5.74) is 3.38. The summed E-state index contributed by atoms with van der Waals surface area (Å²) < 4.78 is 1.78. The standard InChI is InChI=1S/C17H13N5S/c1-12-4-2-3-5-13(12)6-7-15-21-22-16(19-20-17(22)23-15)14-8-10-18-11-9-14/h2-11H,1H3. The van der Waals surface area contributed by atoms with Crippen LogP contribution in [0.3, 0.4) is 0 Å². The Kier molecular flexibility index (Phi) is 3.44. The molecule has 0 aliphatic heterocycles. The second kappa shape index (κ2) is 5.73. The molecule has 0 saturated heterocycles. The second-order valence-corrected chi connectivity index (χ2v) is 6.07. The first-order valence-electron chi connectivity index (χ1n) is 7.17. The Morgan fingerprint density at radius 2 is 1.83 bits per heavy atom. The van der Waals surface area contributed by atoms with Crippen molar-refractivity contribution in [2.75, 3.05) is 0 Å². The molecule has 0 spiro atoms. The van der Waals surface area contributed by atoms with E-state index in [4.69, 9.17) is 0 Å². The van der Waals surface area contributed by atoms with Gasteiger partial charge >= 0.3 is 0 Å². The van der Waals surface area contributed by atoms with Crippen LogP contribution in [-0.2, 0) is 0 Å². The Labute approximate surface area is 137 Å². The maximum atomic E-state index is 4.60. The zero-order valence-electron chi connectivity index (χ0n) is 12.4. The molecule has 23 heavy (non-hydrogen) atoms. The second-order valence-electron chi connectivity index (χ2n) is 5.08. The van der Waals surface area contributed by atoms with Crippen molar-refractivity contribution in [2.45, 2.75) is 6.92 Å². The van der Waals surface area contributed by atoms with E-state index in [2.05, 4.69) is 45.4 Å². The Morgan fingerprint density at radius 1 is 1.00 bits per heavy atom. The summed E-state index contributed by atoms with van der Waals surface area (Å²) >= 11 is 1.51. The SMILES string of the molecule is Cc1ccccc1C=Cc1nn2c(-c3ccncc3)nnc2s1. The highest BCUT2D eigenvalue weighted by atomic mass is 32.1. The molecule has 0 saturated carbocycles. The van der Waals surface area contributed by atoms with Gasteiger partial charge in [0, 0.05) is 18.0 Å². The van der Waals surface area contributed by atoms with Crippen LogP contribution in [0.4, 0.5) is 0 Å². The van der Waals surface area contributed by atoms with Gasteiger partial charge in [0.15, 0.2) is 5.82 Å². The third kappa shape index (κ3) is 2.64. The first kappa shape index (κ1) is 13.8. The fourth-order valence-electron chi connectivity index (χ4n) is 2.31. The van der Waals surface area contributed by atoms with Crippen molar-refractivity contribution in [2.24, 2.45) is 0 Å². The summed E-state index contributed by atoms with van der Waals surface area (Å²) in [6, 6.07) is 12.1. The van der Waals surface area contributed by atoms with Crippen molar-refractivity contribution >= 4 is 28.4 Å². The summed E-state index contributed by atoms with van der Waals surface area (Å²) in [5.74, 6) is 0.731. The molecule has 0 aliphatic rings. The number of nitrogens with zero attached hydrogens (tertiary/aromatic N) is 5. The third-order valence-electron chi connectivity index (χ3n) is 3.54. The molecule has 0 unspecified atom stereocenters. The van der Waals surface area contributed by atoms with Crippen LogP contribution < -0.4 is 0 Å². The first-order valence-corrected chi connectivity index (χ1v) is 7.99. The van der Waals surface area contributed by atoms with Crippen molar-refractivity contribution in [1.29, 1.82) is 0 Å². The van der Waals surface area contributed by atoms with Crippen LogP contribution in [0.1, 0.15) is 16.1 Å². The minimum absolute atomic E-state index is 0.731. The van der Waals surface area contributed by atoms with Crippen LogP contribution in [0, 0.1) is 6.92 Å². The molecule has 0 bridgehead atoms. The average Bonchev–Trinajstić information content (AvgIpc) is 3.15. The first-order chi connectivity index (χ1) is 11.3. The number of hydrogen-bond acceptors (Lipinski definition) is 5. The molecular weight excluding hydrogens is 306 g/mol. The Balaban J connectivity index is 1.71. The van der Waals surface area contributed by atoms with Gasteiger partial charge in [-0.1, -0.05) is 41.7 Å². The van der Waals surface area contributed by atoms with E-state index in [0.717, 1.165) is 21.4 Å². The molecule has 5 nitrogen and oxygen atoms in total. The quantitative estimate of drug-likeness (QED) is 0.577. The van der Waals surface area contributed by atoms with Crippen molar-refractivity contribution < 1.29 is 0 Å². The molecule has 0 amide bonds. The molecule has 4 aromatic rings. The lowest BCUT2D eigenvalue weighted by atomic mass is 10.1. The van der Waals surface area contributed by atoms with E-state index in [1.165, 1.54) is 22.5 Å². The molecule has 0 aliphatic carbocycles. The molecule has 0 radical (unpaired) electrons. The topological polar surface area (TPSA) is 56.0 Å². The van der Waals surface area contributed by atoms with Crippen molar-refractivity contribution in [3.05, 3.63) is 64.9 Å². The zero-order chi connectivity index (χ0) is 15.6. The number of hydrogen-bond donors (Lipinski definition) is 0. The molecule has 6 heteroatoms. The Bertz CT molecular complexity index is 985. The van der Waals surface area contributed by atoms with Crippen molar-refractivity contribution in [3.8, 4) is 11.4 Å². The van der Waals surface area contributed by atoms with Crippen molar-refractivity contribution in [3.63, 3.8) is 0 Å². The molecule has 3 aromatic heterocycles. The highest BCUT2D eigenvalue weighted by Crippen LogP contribution is 2.22. The highest BCUT2D eigenvalue weighted by molar-refractivity contribution is 7.17. The maximum Gasteiger partial charge on any atom is 0.235 e. The van der Waals surface area contributed by atoms with E-state index in [-0.39, 0.29) is 0 Å². The van der Waals surface area contributed by atoms with E-state index in [9.17, 15) is 0 Å². The number of rotatable bonds is 3. The zero-order valence-corrected chi connectivity index (χ0v) is 13.2. The van der Waals surface area contributed by atoms with Gasteiger partial charge in [-0.15, -0.1) is 10.2 Å². The van der Waals surface area contributed by atoms with Gasteiger partial charge in [0.2, 0.25) is 4.96 Å². The van der Waals surface area contributed by atoms with Gasteiger partial charge in [-0.3, -0.25) is 4.98 Å². The molecular formula is C17H13N5S. The van der Waals surface area contributed by atoms with Gasteiger partial charge in [0.25, 0.3) is 0 Å². The van der Waals surface area contributed by atoms with Crippen molar-refractivity contribution in [1.82, 2.24) is 24.8 Å². The van der Waals surface area contributed by atoms with E-state index < -0.39 is 0 Å². The lowest BCUT2D eigenvalue weighted by Gasteiger charge is -1.97. The fraction of sp³-hybridized carbons (Fsp3) is 0.0588. The lowest BCUT2D eigenvalue weighted by molar-refractivity contribution is 0.959. The van der Waals surface area contributed by atoms with Gasteiger partial charge in [-0.25, -0.2) is 0 Å². The predicted octanol–water partition coefficient (Wildman–Crippen LogP) is 3.73. The Morgan fingerprint density at radius 3 is 2.65 bits per heavy atom. The van der Waals surface area contributed by atoms with Gasteiger partial charge < -0.3 is 0 Å². The summed E-state index contributed by atoms with van der Waals surface area (Å²) in [6.45, 7) is 2.10. The average molecular weight is 319 g/mol. The largest absolute Gasteiger partial charge is 0.265 e. The van der Waals surface area contributed by atoms with E-state index >= 15 is 0 Å². The molecule has 0 fully saturated rings. The van der Waals surface area contributed by atoms with Gasteiger partial charge in [0.05, 0.1) is 0 Å². The minimum Gasteiger partial charge on any atom is -0.265 e. The number of pyridine rings is 1. The number of fused-ring (bicyclic) bond motifs is 1. The van der Waals surface area contributed by atoms with E-state index in [0.29, 0.717) is 0 Å². The van der Waals surface area contributed by atoms with Crippen LogP contribution in [0.15, 0.2) is 48.8 Å². The summed E-state index contributed by atoms with van der Waals surface area (Å²) in [6.07, 6.45) is 7.56. The van der Waals surface area contributed by atoms with Crippen LogP contribution in [0.25, 0.3) is 28.5 Å². The van der Waals surface area contributed by atoms with Gasteiger partial charge in [-0.05, 0) is 36.3 Å². The molecule has 3 heterocycles. The third-order valence-corrected chi connectivity index (χ3v) is 4.40. The number of aromatic nitrogens is 5. The lowest BCUT2D eigenvalue weighted by Crippen LogP contribution is -1.90. The smallest absolute Gasteiger partial charge is 0.235 e. The summed E-state index contributed by atoms with van der Waals surface area (Å²) in [7, 11) is 0. The fourth-order valence-corrected chi connectivity index (χ4v) is 3.06. The van der Waals surface area contributed by atoms with Gasteiger partial charge in [-0.2, -0.15) is 9.61 Å². The molecule has 0 N–H and O–H groups in total. The highest BCUT2D eigenvalue weighted by Gasteiger charge is 2.11. The monoisotopic (exact) mass is 319 g/mol. The number of aryl methyl sites for hydroxylation is 1. The summed E-state index contributed by atoms with van der Waals surface area (Å²) in [5, 5.41) is 13.9. The van der Waals surface area contributed by atoms with Crippen LogP contribution in [0.2, 0.25) is 0 Å². The molecule has 4 rings (SSSR count). The maximum absolute atomic E-state index is 4.60. The normalized spacial score (nSPS) is 11.5. The minimum atomic E-state index is 0.731. The molecule has 1 aromatic carbocycles. The van der Waals surface area contributed by atoms with Gasteiger partial charge in [0.1, 0.15) is 5.01 Å². The van der Waals surface area contributed by atoms with Crippen LogP contribution in [0.5, 0.6) is 0 Å². The Hall–Kier alpha value is -2.86. The predicted molar refractivity (Wildman–Crippen MR) is 92.0 cm³/mol. The van der Waals surface area contributed by atoms with E-state index in [1.54, 1.807) is 16.9 Å². The van der Waals surface area contributed by atoms with E-state index in [1.807, 2.05) is 30.3 Å². The summed E-state index contributed by atoms with van der Waals surface area (Å²) in [4.78, 5) is 4.80. The van der Waals surface area contributed by atoms with Crippen LogP contribution >= 0.6 is 11.3 Å². The molecule has 112 valence electrons. The van der Waals surface area contributed by atoms with Crippen LogP contribution in [-0.4, -0.2) is 24.8 Å². The number of benzene rings is 1.